The summed E-state index contributed by atoms with van der Waals surface area (Å²) < 4.78 is 22.1. The van der Waals surface area contributed by atoms with E-state index in [9.17, 15) is 9.59 Å². The van der Waals surface area contributed by atoms with Crippen LogP contribution in [0.5, 0.6) is 0 Å². The smallest absolute Gasteiger partial charge is 0.469 e. The van der Waals surface area contributed by atoms with Crippen molar-refractivity contribution in [3.8, 4) is 0 Å². The van der Waals surface area contributed by atoms with Gasteiger partial charge in [0.1, 0.15) is 12.7 Å². The largest absolute Gasteiger partial charge is 0.508 e. The molecule has 33 heavy (non-hydrogen) atoms. The quantitative estimate of drug-likeness (QED) is 0.278. The molecule has 0 saturated carbocycles. The highest BCUT2D eigenvalue weighted by molar-refractivity contribution is 6.99. The van der Waals surface area contributed by atoms with E-state index in [2.05, 4.69) is 51.6 Å². The Morgan fingerprint density at radius 1 is 1.00 bits per heavy atom. The van der Waals surface area contributed by atoms with Gasteiger partial charge in [-0.1, -0.05) is 94.1 Å². The summed E-state index contributed by atoms with van der Waals surface area (Å²) in [5.74, 6) is -0.381. The topological polar surface area (TPSA) is 71.1 Å². The third-order valence-electron chi connectivity index (χ3n) is 5.38. The van der Waals surface area contributed by atoms with Crippen LogP contribution in [0.3, 0.4) is 0 Å². The van der Waals surface area contributed by atoms with Crippen molar-refractivity contribution in [1.82, 2.24) is 0 Å². The molecular weight excluding hydrogens is 436 g/mol. The van der Waals surface area contributed by atoms with Crippen molar-refractivity contribution in [2.45, 2.75) is 44.8 Å². The van der Waals surface area contributed by atoms with Gasteiger partial charge in [-0.3, -0.25) is 4.79 Å². The lowest BCUT2D eigenvalue weighted by atomic mass is 10.2. The van der Waals surface area contributed by atoms with E-state index in [0.29, 0.717) is 0 Å². The SMILES string of the molecule is C=CCOC(=O)O[C@@H](CCC(=O)OC)CO[Si](c1ccccc1)(c1ccccc1)C(C)(C)C. The minimum Gasteiger partial charge on any atom is -0.469 e. The average Bonchev–Trinajstić information content (AvgIpc) is 2.81. The van der Waals surface area contributed by atoms with Gasteiger partial charge in [0.05, 0.1) is 13.7 Å². The Kier molecular flexibility index (Phi) is 9.88. The second kappa shape index (κ2) is 12.4. The van der Waals surface area contributed by atoms with Gasteiger partial charge in [0, 0.05) is 6.42 Å². The molecule has 6 nitrogen and oxygen atoms in total. The lowest BCUT2D eigenvalue weighted by Gasteiger charge is -2.43. The van der Waals surface area contributed by atoms with Crippen LogP contribution in [-0.2, 0) is 23.4 Å². The number of carbonyl (C=O) groups is 2. The summed E-state index contributed by atoms with van der Waals surface area (Å²) in [5, 5.41) is 2.00. The van der Waals surface area contributed by atoms with Gasteiger partial charge >= 0.3 is 12.1 Å². The fourth-order valence-electron chi connectivity index (χ4n) is 3.83. The Labute approximate surface area is 197 Å². The van der Waals surface area contributed by atoms with Gasteiger partial charge in [-0.15, -0.1) is 0 Å². The predicted molar refractivity (Wildman–Crippen MR) is 131 cm³/mol. The van der Waals surface area contributed by atoms with Gasteiger partial charge in [0.15, 0.2) is 0 Å². The van der Waals surface area contributed by atoms with Gasteiger partial charge in [-0.05, 0) is 21.8 Å². The minimum atomic E-state index is -2.82. The van der Waals surface area contributed by atoms with Crippen molar-refractivity contribution < 1.29 is 28.2 Å². The van der Waals surface area contributed by atoms with Gasteiger partial charge in [-0.2, -0.15) is 0 Å². The maximum Gasteiger partial charge on any atom is 0.508 e. The number of esters is 1. The zero-order valence-corrected chi connectivity index (χ0v) is 20.9. The van der Waals surface area contributed by atoms with E-state index in [1.54, 1.807) is 0 Å². The first kappa shape index (κ1) is 26.4. The highest BCUT2D eigenvalue weighted by Crippen LogP contribution is 2.37. The third-order valence-corrected chi connectivity index (χ3v) is 10.4. The molecule has 0 amide bonds. The monoisotopic (exact) mass is 470 g/mol. The van der Waals surface area contributed by atoms with Gasteiger partial charge in [0.2, 0.25) is 0 Å². The number of benzene rings is 2. The summed E-state index contributed by atoms with van der Waals surface area (Å²) in [5.41, 5.74) is 0. The second-order valence-electron chi connectivity index (χ2n) is 8.68. The van der Waals surface area contributed by atoms with Crippen LogP contribution < -0.4 is 10.4 Å². The maximum atomic E-state index is 12.1. The molecule has 0 fully saturated rings. The lowest BCUT2D eigenvalue weighted by Crippen LogP contribution is -2.67. The first-order valence-electron chi connectivity index (χ1n) is 11.0. The van der Waals surface area contributed by atoms with E-state index in [1.807, 2.05) is 36.4 Å². The summed E-state index contributed by atoms with van der Waals surface area (Å²) in [6.45, 7) is 10.2. The summed E-state index contributed by atoms with van der Waals surface area (Å²) in [6.07, 6.45) is 0.316. The zero-order valence-electron chi connectivity index (χ0n) is 19.9. The number of carbonyl (C=O) groups excluding carboxylic acids is 2. The minimum absolute atomic E-state index is 0.0398. The van der Waals surface area contributed by atoms with Crippen molar-refractivity contribution in [2.75, 3.05) is 20.3 Å². The molecule has 0 N–H and O–H groups in total. The van der Waals surface area contributed by atoms with Crippen molar-refractivity contribution in [2.24, 2.45) is 0 Å². The standard InChI is InChI=1S/C26H34O6Si/c1-6-19-30-25(28)32-21(17-18-24(27)29-5)20-31-33(26(2,3)4,22-13-9-7-10-14-22)23-15-11-8-12-16-23/h6-16,21H,1,17-20H2,2-5H3/t21-/m0/s1. The zero-order chi connectivity index (χ0) is 24.3. The lowest BCUT2D eigenvalue weighted by molar-refractivity contribution is -0.141. The summed E-state index contributed by atoms with van der Waals surface area (Å²) >= 11 is 0. The van der Waals surface area contributed by atoms with Crippen molar-refractivity contribution >= 4 is 30.8 Å². The van der Waals surface area contributed by atoms with E-state index in [0.717, 1.165) is 10.4 Å². The number of ether oxygens (including phenoxy) is 3. The molecule has 0 spiro atoms. The summed E-state index contributed by atoms with van der Waals surface area (Å²) in [4.78, 5) is 23.9. The number of hydrogen-bond donors (Lipinski definition) is 0. The molecule has 0 unspecified atom stereocenters. The number of rotatable bonds is 11. The summed E-state index contributed by atoms with van der Waals surface area (Å²) in [6, 6.07) is 20.4. The molecule has 0 aromatic heterocycles. The Bertz CT molecular complexity index is 853. The third kappa shape index (κ3) is 7.04. The van der Waals surface area contributed by atoms with Crippen LogP contribution in [0.2, 0.25) is 5.04 Å². The van der Waals surface area contributed by atoms with Crippen molar-refractivity contribution in [1.29, 1.82) is 0 Å². The highest BCUT2D eigenvalue weighted by atomic mass is 28.4. The van der Waals surface area contributed by atoms with Crippen LogP contribution >= 0.6 is 0 Å². The van der Waals surface area contributed by atoms with Crippen LogP contribution in [0, 0.1) is 0 Å². The maximum absolute atomic E-state index is 12.1. The van der Waals surface area contributed by atoms with Crippen LogP contribution in [-0.4, -0.2) is 46.9 Å². The van der Waals surface area contributed by atoms with Gasteiger partial charge in [0.25, 0.3) is 8.32 Å². The van der Waals surface area contributed by atoms with Crippen LogP contribution in [0.4, 0.5) is 4.79 Å². The fraction of sp³-hybridized carbons (Fsp3) is 0.385. The Balaban J connectivity index is 2.40. The molecule has 7 heteroatoms. The predicted octanol–water partition coefficient (Wildman–Crippen LogP) is 4.22. The van der Waals surface area contributed by atoms with Crippen molar-refractivity contribution in [3.63, 3.8) is 0 Å². The Morgan fingerprint density at radius 2 is 1.55 bits per heavy atom. The van der Waals surface area contributed by atoms with Gasteiger partial charge in [-0.25, -0.2) is 4.79 Å². The Hall–Kier alpha value is -2.90. The molecule has 0 bridgehead atoms. The fourth-order valence-corrected chi connectivity index (χ4v) is 8.43. The first-order chi connectivity index (χ1) is 15.7. The van der Waals surface area contributed by atoms with Crippen molar-refractivity contribution in [3.05, 3.63) is 73.3 Å². The van der Waals surface area contributed by atoms with Crippen LogP contribution in [0.15, 0.2) is 73.3 Å². The molecule has 2 aromatic rings. The Morgan fingerprint density at radius 3 is 2.00 bits per heavy atom. The van der Waals surface area contributed by atoms with E-state index in [1.165, 1.54) is 13.2 Å². The molecule has 0 aliphatic carbocycles. The van der Waals surface area contributed by atoms with E-state index < -0.39 is 20.6 Å². The van der Waals surface area contributed by atoms with Gasteiger partial charge < -0.3 is 18.6 Å². The molecule has 0 saturated heterocycles. The van der Waals surface area contributed by atoms with E-state index in [4.69, 9.17) is 18.6 Å². The number of methoxy groups -OCH3 is 1. The average molecular weight is 471 g/mol. The summed E-state index contributed by atoms with van der Waals surface area (Å²) in [7, 11) is -1.49. The molecular formula is C26H34O6Si. The van der Waals surface area contributed by atoms with E-state index >= 15 is 0 Å². The first-order valence-corrected chi connectivity index (χ1v) is 12.9. The normalized spacial score (nSPS) is 12.5. The molecule has 1 atom stereocenters. The van der Waals surface area contributed by atoms with E-state index in [-0.39, 0.29) is 37.1 Å². The molecule has 0 heterocycles. The van der Waals surface area contributed by atoms with Crippen LogP contribution in [0.1, 0.15) is 33.6 Å². The molecule has 0 aliphatic rings. The second-order valence-corrected chi connectivity index (χ2v) is 13.0. The molecule has 0 radical (unpaired) electrons. The molecule has 0 aliphatic heterocycles. The molecule has 2 aromatic carbocycles. The molecule has 2 rings (SSSR count). The van der Waals surface area contributed by atoms with Crippen LogP contribution in [0.25, 0.3) is 0 Å². The highest BCUT2D eigenvalue weighted by Gasteiger charge is 2.50. The molecule has 178 valence electrons. The number of hydrogen-bond acceptors (Lipinski definition) is 6.